The van der Waals surface area contributed by atoms with Gasteiger partial charge in [0.25, 0.3) is 7.82 Å². The summed E-state index contributed by atoms with van der Waals surface area (Å²) in [6.07, 6.45) is 8.53. The fraction of sp³-hybridized carbons (Fsp3) is 1.00. The Morgan fingerprint density at radius 1 is 0.821 bits per heavy atom. The van der Waals surface area contributed by atoms with Gasteiger partial charge in [-0.2, -0.15) is 0 Å². The van der Waals surface area contributed by atoms with Gasteiger partial charge in [-0.1, -0.05) is 52.4 Å². The van der Waals surface area contributed by atoms with Crippen LogP contribution < -0.4 is 4.89 Å². The third kappa shape index (κ3) is 19.3. The first-order valence-corrected chi connectivity index (χ1v) is 12.3. The molecule has 8 heteroatoms. The van der Waals surface area contributed by atoms with Crippen LogP contribution in [0, 0.1) is 0 Å². The molecule has 0 saturated carbocycles. The number of phosphoric ester groups is 1. The number of nitrogens with zero attached hydrogens (tertiary/aromatic N) is 1. The first-order valence-electron chi connectivity index (χ1n) is 10.8. The summed E-state index contributed by atoms with van der Waals surface area (Å²) < 4.78 is 34.1. The first kappa shape index (κ1) is 28.0. The monoisotopic (exact) mass is 425 g/mol. The number of rotatable bonds is 20. The predicted molar refractivity (Wildman–Crippen MR) is 111 cm³/mol. The molecule has 0 aliphatic rings. The van der Waals surface area contributed by atoms with E-state index < -0.39 is 13.9 Å². The van der Waals surface area contributed by atoms with Gasteiger partial charge in [-0.3, -0.25) is 4.57 Å². The number of hydrogen-bond donors (Lipinski definition) is 0. The molecule has 0 radical (unpaired) electrons. The lowest BCUT2D eigenvalue weighted by molar-refractivity contribution is -0.870. The van der Waals surface area contributed by atoms with Gasteiger partial charge in [-0.15, -0.1) is 0 Å². The van der Waals surface area contributed by atoms with Crippen LogP contribution in [-0.4, -0.2) is 71.3 Å². The molecular weight excluding hydrogens is 381 g/mol. The highest BCUT2D eigenvalue weighted by Gasteiger charge is 2.17. The second kappa shape index (κ2) is 16.8. The summed E-state index contributed by atoms with van der Waals surface area (Å²) >= 11 is 0. The molecule has 2 atom stereocenters. The summed E-state index contributed by atoms with van der Waals surface area (Å²) in [6, 6.07) is 0. The Kier molecular flexibility index (Phi) is 16.7. The van der Waals surface area contributed by atoms with E-state index in [-0.39, 0.29) is 13.2 Å². The molecule has 0 saturated heterocycles. The van der Waals surface area contributed by atoms with Gasteiger partial charge in [0, 0.05) is 13.2 Å². The topological polar surface area (TPSA) is 77.1 Å². The lowest BCUT2D eigenvalue weighted by atomic mass is 10.2. The van der Waals surface area contributed by atoms with E-state index in [0.29, 0.717) is 30.8 Å². The Morgan fingerprint density at radius 3 is 2.00 bits per heavy atom. The number of ether oxygens (including phenoxy) is 2. The summed E-state index contributed by atoms with van der Waals surface area (Å²) in [5, 5.41) is 0. The molecule has 7 nitrogen and oxygen atoms in total. The molecule has 1 unspecified atom stereocenters. The molecule has 28 heavy (non-hydrogen) atoms. The predicted octanol–water partition coefficient (Wildman–Crippen LogP) is 3.76. The molecule has 0 rings (SSSR count). The van der Waals surface area contributed by atoms with Crippen LogP contribution in [0.3, 0.4) is 0 Å². The number of unbranched alkanes of at least 4 members (excludes halogenated alkanes) is 6. The van der Waals surface area contributed by atoms with E-state index in [1.165, 1.54) is 19.3 Å². The second-order valence-electron chi connectivity index (χ2n) is 8.28. The average Bonchev–Trinajstić information content (AvgIpc) is 2.60. The smallest absolute Gasteiger partial charge is 0.268 e. The standard InChI is InChI=1S/C20H44NO6P/c1-6-8-10-12-15-24-18-20(25-16-13-11-9-7-2)19-27-28(22,23)26-17-14-21(3,4)5/h20H,6-19H2,1-5H3/t20-/m1/s1. The van der Waals surface area contributed by atoms with E-state index in [0.717, 1.165) is 32.1 Å². The van der Waals surface area contributed by atoms with Crippen molar-refractivity contribution in [2.45, 2.75) is 71.3 Å². The van der Waals surface area contributed by atoms with E-state index in [1.807, 2.05) is 21.1 Å². The molecule has 0 aliphatic heterocycles. The maximum absolute atomic E-state index is 12.0. The number of phosphoric acid groups is 1. The zero-order valence-electron chi connectivity index (χ0n) is 18.8. The van der Waals surface area contributed by atoms with Crippen LogP contribution in [0.1, 0.15) is 65.2 Å². The lowest BCUT2D eigenvalue weighted by Gasteiger charge is -2.28. The molecule has 0 fully saturated rings. The summed E-state index contributed by atoms with van der Waals surface area (Å²) in [5.41, 5.74) is 0. The van der Waals surface area contributed by atoms with Crippen LogP contribution in [-0.2, 0) is 23.1 Å². The van der Waals surface area contributed by atoms with Crippen molar-refractivity contribution in [2.24, 2.45) is 0 Å². The number of hydrogen-bond acceptors (Lipinski definition) is 6. The third-order valence-corrected chi connectivity index (χ3v) is 5.19. The Labute approximate surface area is 172 Å². The van der Waals surface area contributed by atoms with Crippen LogP contribution in [0.2, 0.25) is 0 Å². The molecule has 0 aliphatic carbocycles. The van der Waals surface area contributed by atoms with Crippen molar-refractivity contribution in [1.82, 2.24) is 0 Å². The van der Waals surface area contributed by atoms with E-state index in [4.69, 9.17) is 18.5 Å². The first-order chi connectivity index (χ1) is 13.2. The van der Waals surface area contributed by atoms with E-state index in [1.54, 1.807) is 0 Å². The van der Waals surface area contributed by atoms with Crippen molar-refractivity contribution in [3.8, 4) is 0 Å². The molecule has 0 spiro atoms. The highest BCUT2D eigenvalue weighted by atomic mass is 31.2. The zero-order valence-corrected chi connectivity index (χ0v) is 19.7. The molecule has 0 aromatic rings. The Morgan fingerprint density at radius 2 is 1.43 bits per heavy atom. The van der Waals surface area contributed by atoms with Gasteiger partial charge in [0.05, 0.1) is 34.4 Å². The van der Waals surface area contributed by atoms with Gasteiger partial charge < -0.3 is 27.9 Å². The van der Waals surface area contributed by atoms with Gasteiger partial charge in [0.2, 0.25) is 0 Å². The largest absolute Gasteiger partial charge is 0.756 e. The summed E-state index contributed by atoms with van der Waals surface area (Å²) in [5.74, 6) is 0. The molecule has 0 aromatic heterocycles. The van der Waals surface area contributed by atoms with Crippen LogP contribution >= 0.6 is 7.82 Å². The minimum absolute atomic E-state index is 0.0755. The Bertz CT molecular complexity index is 403. The lowest BCUT2D eigenvalue weighted by Crippen LogP contribution is -2.37. The highest BCUT2D eigenvalue weighted by molar-refractivity contribution is 7.45. The second-order valence-corrected chi connectivity index (χ2v) is 9.69. The Hall–Kier alpha value is -0.0100. The normalized spacial score (nSPS) is 15.5. The van der Waals surface area contributed by atoms with Crippen molar-refractivity contribution in [3.63, 3.8) is 0 Å². The van der Waals surface area contributed by atoms with Crippen LogP contribution in [0.25, 0.3) is 0 Å². The fourth-order valence-electron chi connectivity index (χ4n) is 2.41. The maximum atomic E-state index is 12.0. The van der Waals surface area contributed by atoms with Crippen LogP contribution in [0.15, 0.2) is 0 Å². The SMILES string of the molecule is CCCCCCOC[C@H](COP(=O)([O-])OCC[N+](C)(C)C)OCCCCCC. The fourth-order valence-corrected chi connectivity index (χ4v) is 3.14. The van der Waals surface area contributed by atoms with Crippen LogP contribution in [0.5, 0.6) is 0 Å². The molecule has 0 N–H and O–H groups in total. The van der Waals surface area contributed by atoms with E-state index in [2.05, 4.69) is 13.8 Å². The molecule has 0 heterocycles. The number of likely N-dealkylation sites (N-methyl/N-ethyl adjacent to an activating group) is 1. The zero-order chi connectivity index (χ0) is 21.3. The summed E-state index contributed by atoms with van der Waals surface area (Å²) in [4.78, 5) is 12.0. The molecule has 0 amide bonds. The van der Waals surface area contributed by atoms with Crippen molar-refractivity contribution in [2.75, 3.05) is 60.7 Å². The average molecular weight is 426 g/mol. The van der Waals surface area contributed by atoms with Gasteiger partial charge in [0.1, 0.15) is 19.3 Å². The molecule has 0 bridgehead atoms. The van der Waals surface area contributed by atoms with E-state index in [9.17, 15) is 9.46 Å². The maximum Gasteiger partial charge on any atom is 0.268 e. The van der Waals surface area contributed by atoms with Crippen LogP contribution in [0.4, 0.5) is 0 Å². The highest BCUT2D eigenvalue weighted by Crippen LogP contribution is 2.38. The van der Waals surface area contributed by atoms with Gasteiger partial charge in [0.15, 0.2) is 0 Å². The van der Waals surface area contributed by atoms with Crippen molar-refractivity contribution in [1.29, 1.82) is 0 Å². The quantitative estimate of drug-likeness (QED) is 0.168. The minimum atomic E-state index is -4.33. The molecular formula is C20H44NO6P. The summed E-state index contributed by atoms with van der Waals surface area (Å²) in [6.45, 7) is 6.50. The Balaban J connectivity index is 4.25. The van der Waals surface area contributed by atoms with Gasteiger partial charge in [-0.25, -0.2) is 0 Å². The molecule has 170 valence electrons. The van der Waals surface area contributed by atoms with Crippen molar-refractivity contribution >= 4 is 7.82 Å². The summed E-state index contributed by atoms with van der Waals surface area (Å²) in [7, 11) is 1.59. The van der Waals surface area contributed by atoms with Gasteiger partial charge in [-0.05, 0) is 12.8 Å². The third-order valence-electron chi connectivity index (χ3n) is 4.23. The van der Waals surface area contributed by atoms with Gasteiger partial charge >= 0.3 is 0 Å². The molecule has 0 aromatic carbocycles. The number of quaternary nitrogens is 1. The van der Waals surface area contributed by atoms with E-state index >= 15 is 0 Å². The minimum Gasteiger partial charge on any atom is -0.756 e. The van der Waals surface area contributed by atoms with Crippen molar-refractivity contribution < 1.29 is 32.5 Å². The van der Waals surface area contributed by atoms with Crippen molar-refractivity contribution in [3.05, 3.63) is 0 Å².